The molecule has 0 unspecified atom stereocenters. The highest BCUT2D eigenvalue weighted by molar-refractivity contribution is 5.24. The highest BCUT2D eigenvalue weighted by Crippen LogP contribution is 2.24. The van der Waals surface area contributed by atoms with E-state index < -0.39 is 0 Å². The predicted molar refractivity (Wildman–Crippen MR) is 433 cm³/mol. The molecule has 1 aliphatic heterocycles. The van der Waals surface area contributed by atoms with Gasteiger partial charge in [-0.15, -0.1) is 0 Å². The van der Waals surface area contributed by atoms with Gasteiger partial charge in [0.25, 0.3) is 0 Å². The van der Waals surface area contributed by atoms with Crippen molar-refractivity contribution in [2.45, 2.75) is 308 Å². The highest BCUT2D eigenvalue weighted by Gasteiger charge is 2.10. The molecule has 18 nitrogen and oxygen atoms in total. The van der Waals surface area contributed by atoms with Crippen LogP contribution in [0.25, 0.3) is 0 Å². The van der Waals surface area contributed by atoms with Crippen molar-refractivity contribution < 1.29 is 56.8 Å². The van der Waals surface area contributed by atoms with E-state index >= 15 is 0 Å². The van der Waals surface area contributed by atoms with E-state index in [9.17, 15) is 0 Å². The summed E-state index contributed by atoms with van der Waals surface area (Å²) in [5.74, 6) is 7.71. The number of hydrogen-bond donors (Lipinski definition) is 0. The largest absolute Gasteiger partial charge is 0.478 e. The number of hydrogen-bond acceptors (Lipinski definition) is 18. The number of ether oxygens (including phenoxy) is 12. The molecule has 12 bridgehead atoms. The summed E-state index contributed by atoms with van der Waals surface area (Å²) in [6.07, 6.45) is 55.8. The van der Waals surface area contributed by atoms with Gasteiger partial charge in [-0.1, -0.05) is 268 Å². The van der Waals surface area contributed by atoms with Gasteiger partial charge in [0.05, 0.1) is 79.3 Å². The average Bonchev–Trinajstić information content (AvgIpc) is 0.974. The predicted octanol–water partition coefficient (Wildman–Crippen LogP) is 23.8. The third kappa shape index (κ3) is 46.1. The Morgan fingerprint density at radius 1 is 0.111 bits per heavy atom. The first-order valence-corrected chi connectivity index (χ1v) is 43.1. The third-order valence-corrected chi connectivity index (χ3v) is 19.4. The molecule has 108 heavy (non-hydrogen) atoms. The molecule has 0 spiro atoms. The van der Waals surface area contributed by atoms with E-state index in [1.165, 1.54) is 154 Å². The normalized spacial score (nSPS) is 18.9. The van der Waals surface area contributed by atoms with Crippen LogP contribution >= 0.6 is 0 Å². The summed E-state index contributed by atoms with van der Waals surface area (Å²) in [5.41, 5.74) is 0. The van der Waals surface area contributed by atoms with Crippen molar-refractivity contribution in [2.75, 3.05) is 79.3 Å². The van der Waals surface area contributed by atoms with E-state index in [2.05, 4.69) is 29.9 Å². The van der Waals surface area contributed by atoms with Crippen LogP contribution in [-0.4, -0.2) is 109 Å². The molecule has 1 aliphatic rings. The lowest BCUT2D eigenvalue weighted by molar-refractivity contribution is 0.266. The molecule has 0 saturated heterocycles. The highest BCUT2D eigenvalue weighted by atomic mass is 16.5. The van der Waals surface area contributed by atoms with Gasteiger partial charge in [0.1, 0.15) is 0 Å². The summed E-state index contributed by atoms with van der Waals surface area (Å²) in [6, 6.07) is 34.9. The Balaban J connectivity index is 0.693. The summed E-state index contributed by atoms with van der Waals surface area (Å²) >= 11 is 0. The maximum absolute atomic E-state index is 5.99. The summed E-state index contributed by atoms with van der Waals surface area (Å²) in [6.45, 7) is 8.12. The minimum absolute atomic E-state index is 0.642. The van der Waals surface area contributed by atoms with Crippen LogP contribution in [0, 0.1) is 0 Å². The zero-order chi connectivity index (χ0) is 74.8. The van der Waals surface area contributed by atoms with Crippen molar-refractivity contribution in [2.24, 2.45) is 0 Å². The summed E-state index contributed by atoms with van der Waals surface area (Å²) in [4.78, 5) is 27.6. The lowest BCUT2D eigenvalue weighted by Gasteiger charge is -2.09. The number of rotatable bonds is 0. The molecule has 7 rings (SSSR count). The van der Waals surface area contributed by atoms with Gasteiger partial charge < -0.3 is 56.8 Å². The molecule has 0 atom stereocenters. The van der Waals surface area contributed by atoms with Crippen molar-refractivity contribution >= 4 is 0 Å². The molecule has 18 heteroatoms. The summed E-state index contributed by atoms with van der Waals surface area (Å²) < 4.78 is 71.9. The second-order valence-electron chi connectivity index (χ2n) is 29.0. The third-order valence-electron chi connectivity index (χ3n) is 19.4. The van der Waals surface area contributed by atoms with Crippen molar-refractivity contribution in [1.82, 2.24) is 29.9 Å². The fraction of sp³-hybridized carbons (Fsp3) is 0.667. The molecular formula is C90H138N6O12. The second-order valence-corrected chi connectivity index (χ2v) is 29.0. The zero-order valence-electron chi connectivity index (χ0n) is 66.4. The quantitative estimate of drug-likeness (QED) is 0.139. The topological polar surface area (TPSA) is 188 Å². The Morgan fingerprint density at radius 3 is 0.269 bits per heavy atom. The molecule has 6 aromatic heterocycles. The maximum Gasteiger partial charge on any atom is 0.216 e. The Kier molecular flexibility index (Phi) is 50.6. The van der Waals surface area contributed by atoms with E-state index in [-0.39, 0.29) is 0 Å². The molecule has 0 saturated carbocycles. The number of fused-ring (bicyclic) bond motifs is 12. The molecular weight excluding hydrogens is 1360 g/mol. The van der Waals surface area contributed by atoms with Gasteiger partial charge in [-0.2, -0.15) is 29.9 Å². The van der Waals surface area contributed by atoms with Crippen LogP contribution in [0.2, 0.25) is 0 Å². The Bertz CT molecular complexity index is 2390. The van der Waals surface area contributed by atoms with Gasteiger partial charge in [0, 0.05) is 72.8 Å². The van der Waals surface area contributed by atoms with Crippen LogP contribution in [0.4, 0.5) is 0 Å². The molecule has 0 amide bonds. The molecule has 0 aliphatic carbocycles. The van der Waals surface area contributed by atoms with E-state index in [4.69, 9.17) is 56.8 Å². The first-order valence-electron chi connectivity index (χ1n) is 43.1. The van der Waals surface area contributed by atoms with Gasteiger partial charge in [0.2, 0.25) is 70.6 Å². The van der Waals surface area contributed by atoms with Crippen LogP contribution in [0.15, 0.2) is 109 Å². The Labute approximate surface area is 650 Å². The van der Waals surface area contributed by atoms with Crippen molar-refractivity contribution in [3.8, 4) is 70.6 Å². The monoisotopic (exact) mass is 1500 g/mol. The number of nitrogens with zero attached hydrogens (tertiary/aromatic N) is 6. The standard InChI is InChI=1S/C90H138N6O12/c1-2-14-26-38-68-98-80-56-50-58-82(92-80)100-70-40-28-16-5-6-18-30-42-72-102-84-60-52-62-86(94-84)104-74-44-32-20-9-10-22-34-46-76-106-88-64-54-66-90(96-88)108-78-48-36-24-12-11-23-35-47-77-107-89-65-53-63-87(95-89)105-75-45-33-21-8-7-19-31-43-73-103-85-61-51-59-83(93-85)101-71-41-29-17-4-3-15-27-39-69-99-81-57-49-55-79(91-81)97-67-37-25-13-1/h49-66H,1-48,67-78H2. The fourth-order valence-electron chi connectivity index (χ4n) is 13.0. The first-order chi connectivity index (χ1) is 53.7. The van der Waals surface area contributed by atoms with E-state index in [0.29, 0.717) is 150 Å². The number of pyridine rings is 6. The van der Waals surface area contributed by atoms with E-state index in [1.54, 1.807) is 0 Å². The van der Waals surface area contributed by atoms with Crippen molar-refractivity contribution in [3.63, 3.8) is 0 Å². The fourth-order valence-corrected chi connectivity index (χ4v) is 13.0. The molecule has 0 fully saturated rings. The Hall–Kier alpha value is -7.50. The molecule has 7 heterocycles. The maximum atomic E-state index is 5.99. The van der Waals surface area contributed by atoms with Crippen LogP contribution in [-0.2, 0) is 0 Å². The lowest BCUT2D eigenvalue weighted by atomic mass is 10.1. The first kappa shape index (κ1) is 87.7. The average molecular weight is 1500 g/mol. The van der Waals surface area contributed by atoms with Gasteiger partial charge >= 0.3 is 0 Å². The van der Waals surface area contributed by atoms with Gasteiger partial charge in [-0.25, -0.2) is 0 Å². The molecule has 0 radical (unpaired) electrons. The molecule has 0 aromatic carbocycles. The minimum atomic E-state index is 0.642. The van der Waals surface area contributed by atoms with Gasteiger partial charge in [-0.05, 0) is 77.0 Å². The minimum Gasteiger partial charge on any atom is -0.478 e. The Morgan fingerprint density at radius 2 is 0.185 bits per heavy atom. The molecule has 600 valence electrons. The molecule has 0 N–H and O–H groups in total. The van der Waals surface area contributed by atoms with Gasteiger partial charge in [-0.3, -0.25) is 0 Å². The van der Waals surface area contributed by atoms with Crippen LogP contribution in [0.1, 0.15) is 308 Å². The summed E-state index contributed by atoms with van der Waals surface area (Å²) in [5, 5.41) is 0. The van der Waals surface area contributed by atoms with E-state index in [0.717, 1.165) is 154 Å². The van der Waals surface area contributed by atoms with Crippen molar-refractivity contribution in [3.05, 3.63) is 109 Å². The smallest absolute Gasteiger partial charge is 0.216 e. The van der Waals surface area contributed by atoms with Crippen LogP contribution in [0.5, 0.6) is 70.6 Å². The molecule has 6 aromatic rings. The van der Waals surface area contributed by atoms with Crippen LogP contribution in [0.3, 0.4) is 0 Å². The summed E-state index contributed by atoms with van der Waals surface area (Å²) in [7, 11) is 0. The van der Waals surface area contributed by atoms with Crippen LogP contribution < -0.4 is 56.8 Å². The van der Waals surface area contributed by atoms with Gasteiger partial charge in [0.15, 0.2) is 0 Å². The van der Waals surface area contributed by atoms with E-state index in [1.807, 2.05) is 109 Å². The second kappa shape index (κ2) is 62.3. The van der Waals surface area contributed by atoms with Crippen molar-refractivity contribution in [1.29, 1.82) is 0 Å². The zero-order valence-corrected chi connectivity index (χ0v) is 66.4. The lowest BCUT2D eigenvalue weighted by Crippen LogP contribution is -2.03. The SMILES string of the molecule is c1cc2nc(c1)OCCCCCCCCCCOc1cccc(n1)OCCCCCCCCCCOc1cccc(n1)OCCCCCCCCCCOc1cccc(n1)OCCCCCCCCCCOc1cccc(n1)OCCCCCCCCCCOc1cccc(n1)OCCCCCCCCCCO2. The number of aromatic nitrogens is 6.